The number of hydrogen-bond acceptors (Lipinski definition) is 2. The van der Waals surface area contributed by atoms with Gasteiger partial charge in [0.1, 0.15) is 0 Å². The average Bonchev–Trinajstić information content (AvgIpc) is 3.85. The molecule has 11 rings (SSSR count). The summed E-state index contributed by atoms with van der Waals surface area (Å²) < 4.78 is 0. The van der Waals surface area contributed by atoms with Crippen LogP contribution in [-0.4, -0.2) is 0 Å². The Bertz CT molecular complexity index is 3380. The highest BCUT2D eigenvalue weighted by Crippen LogP contribution is 2.46. The molecule has 0 bridgehead atoms. The smallest absolute Gasteiger partial charge is 0.0468 e. The van der Waals surface area contributed by atoms with E-state index in [0.717, 1.165) is 22.6 Å². The molecule has 0 radical (unpaired) electrons. The lowest BCUT2D eigenvalue weighted by atomic mass is 9.85. The predicted molar refractivity (Wildman–Crippen MR) is 273 cm³/mol. The Labute approximate surface area is 373 Å². The molecule has 2 heteroatoms. The number of aryl methyl sites for hydroxylation is 1. The number of benzene rings is 10. The van der Waals surface area contributed by atoms with Crippen molar-refractivity contribution < 1.29 is 0 Å². The van der Waals surface area contributed by atoms with E-state index in [1.54, 1.807) is 0 Å². The van der Waals surface area contributed by atoms with Gasteiger partial charge in [-0.3, -0.25) is 0 Å². The van der Waals surface area contributed by atoms with Crippen LogP contribution in [0.2, 0.25) is 0 Å². The van der Waals surface area contributed by atoms with Gasteiger partial charge in [-0.25, -0.2) is 0 Å². The van der Waals surface area contributed by atoms with Gasteiger partial charge >= 0.3 is 0 Å². The van der Waals surface area contributed by atoms with Crippen LogP contribution in [0.25, 0.3) is 87.6 Å². The quantitative estimate of drug-likeness (QED) is 0.104. The summed E-state index contributed by atoms with van der Waals surface area (Å²) in [4.78, 5) is 4.91. The maximum absolute atomic E-state index is 2.37. The fraction of sp³-hybridized carbons (Fsp3) is 0.0164. The SMILES string of the molecule is Cc1ccc(N(c2ccc(C=Cc3ccccc3)cc2)c2ccc3cc(-c4c5ccccc5c(-c5cccc(-c6ccc(-c7ccccc7)s6)c5)c5ccccc45)ccc3c2)cc1. The van der Waals surface area contributed by atoms with Gasteiger partial charge in [-0.15, -0.1) is 11.3 Å². The third kappa shape index (κ3) is 7.52. The monoisotopic (exact) mass is 821 g/mol. The summed E-state index contributed by atoms with van der Waals surface area (Å²) in [5, 5.41) is 7.42. The first-order valence-electron chi connectivity index (χ1n) is 21.6. The molecule has 0 saturated heterocycles. The maximum Gasteiger partial charge on any atom is 0.0468 e. The second-order valence-corrected chi connectivity index (χ2v) is 17.3. The van der Waals surface area contributed by atoms with Gasteiger partial charge in [0.05, 0.1) is 0 Å². The van der Waals surface area contributed by atoms with E-state index >= 15 is 0 Å². The van der Waals surface area contributed by atoms with Crippen LogP contribution < -0.4 is 4.90 Å². The fourth-order valence-electron chi connectivity index (χ4n) is 8.99. The van der Waals surface area contributed by atoms with Gasteiger partial charge in [0.15, 0.2) is 0 Å². The molecule has 0 amide bonds. The molecule has 0 aliphatic heterocycles. The molecular weight excluding hydrogens is 779 g/mol. The van der Waals surface area contributed by atoms with E-state index in [1.807, 2.05) is 17.4 Å². The molecule has 1 nitrogen and oxygen atoms in total. The predicted octanol–water partition coefficient (Wildman–Crippen LogP) is 17.8. The van der Waals surface area contributed by atoms with Crippen LogP contribution >= 0.6 is 11.3 Å². The summed E-state index contributed by atoms with van der Waals surface area (Å²) in [6.07, 6.45) is 4.34. The van der Waals surface area contributed by atoms with Gasteiger partial charge in [0, 0.05) is 26.8 Å². The lowest BCUT2D eigenvalue weighted by molar-refractivity contribution is 1.28. The molecule has 0 N–H and O–H groups in total. The number of thiophene rings is 1. The van der Waals surface area contributed by atoms with Crippen LogP contribution in [0.1, 0.15) is 16.7 Å². The van der Waals surface area contributed by atoms with E-state index in [2.05, 4.69) is 248 Å². The zero-order valence-corrected chi connectivity index (χ0v) is 35.8. The van der Waals surface area contributed by atoms with Gasteiger partial charge in [-0.2, -0.15) is 0 Å². The highest BCUT2D eigenvalue weighted by Gasteiger charge is 2.19. The van der Waals surface area contributed by atoms with Crippen molar-refractivity contribution in [2.45, 2.75) is 6.92 Å². The first-order chi connectivity index (χ1) is 31.1. The maximum atomic E-state index is 2.37. The second kappa shape index (κ2) is 16.6. The number of anilines is 3. The van der Waals surface area contributed by atoms with E-state index in [1.165, 1.54) is 86.6 Å². The summed E-state index contributed by atoms with van der Waals surface area (Å²) in [6, 6.07) is 84.1. The molecule has 0 atom stereocenters. The number of nitrogens with zero attached hydrogens (tertiary/aromatic N) is 1. The average molecular weight is 822 g/mol. The summed E-state index contributed by atoms with van der Waals surface area (Å²) in [7, 11) is 0. The highest BCUT2D eigenvalue weighted by atomic mass is 32.1. The van der Waals surface area contributed by atoms with Crippen LogP contribution in [-0.2, 0) is 0 Å². The van der Waals surface area contributed by atoms with Crippen molar-refractivity contribution in [1.82, 2.24) is 0 Å². The van der Waals surface area contributed by atoms with E-state index in [0.29, 0.717) is 0 Å². The summed E-state index contributed by atoms with van der Waals surface area (Å²) in [5.41, 5.74) is 14.4. The Morgan fingerprint density at radius 2 is 0.794 bits per heavy atom. The van der Waals surface area contributed by atoms with Gasteiger partial charge in [0.2, 0.25) is 0 Å². The van der Waals surface area contributed by atoms with Crippen molar-refractivity contribution >= 4 is 72.9 Å². The van der Waals surface area contributed by atoms with Crippen LogP contribution in [0.3, 0.4) is 0 Å². The minimum Gasteiger partial charge on any atom is -0.310 e. The number of fused-ring (bicyclic) bond motifs is 3. The van der Waals surface area contributed by atoms with E-state index in [-0.39, 0.29) is 0 Å². The van der Waals surface area contributed by atoms with Crippen LogP contribution in [0, 0.1) is 6.92 Å². The highest BCUT2D eigenvalue weighted by molar-refractivity contribution is 7.18. The third-order valence-electron chi connectivity index (χ3n) is 12.1. The molecule has 1 heterocycles. The molecule has 298 valence electrons. The topological polar surface area (TPSA) is 3.24 Å². The molecule has 0 unspecified atom stereocenters. The molecule has 0 fully saturated rings. The summed E-state index contributed by atoms with van der Waals surface area (Å²) in [5.74, 6) is 0. The number of hydrogen-bond donors (Lipinski definition) is 0. The van der Waals surface area contributed by atoms with Crippen LogP contribution in [0.15, 0.2) is 231 Å². The van der Waals surface area contributed by atoms with Crippen molar-refractivity contribution in [3.8, 4) is 43.1 Å². The summed E-state index contributed by atoms with van der Waals surface area (Å²) in [6.45, 7) is 2.14. The van der Waals surface area contributed by atoms with Crippen LogP contribution in [0.4, 0.5) is 17.1 Å². The molecule has 0 aliphatic rings. The van der Waals surface area contributed by atoms with Crippen molar-refractivity contribution in [1.29, 1.82) is 0 Å². The lowest BCUT2D eigenvalue weighted by Crippen LogP contribution is -2.09. The van der Waals surface area contributed by atoms with Gasteiger partial charge in [-0.05, 0) is 144 Å². The minimum atomic E-state index is 1.11. The fourth-order valence-corrected chi connectivity index (χ4v) is 10.00. The molecule has 10 aromatic carbocycles. The Kier molecular flexibility index (Phi) is 10.0. The minimum absolute atomic E-state index is 1.11. The second-order valence-electron chi connectivity index (χ2n) is 16.2. The molecule has 0 aliphatic carbocycles. The zero-order chi connectivity index (χ0) is 42.1. The third-order valence-corrected chi connectivity index (χ3v) is 13.3. The van der Waals surface area contributed by atoms with Crippen molar-refractivity contribution in [2.75, 3.05) is 4.90 Å². The Morgan fingerprint density at radius 1 is 0.333 bits per heavy atom. The van der Waals surface area contributed by atoms with E-state index in [9.17, 15) is 0 Å². The van der Waals surface area contributed by atoms with Gasteiger partial charge in [-0.1, -0.05) is 188 Å². The normalized spacial score (nSPS) is 11.5. The van der Waals surface area contributed by atoms with E-state index in [4.69, 9.17) is 0 Å². The Balaban J connectivity index is 0.977. The molecular formula is C61H43NS. The van der Waals surface area contributed by atoms with E-state index < -0.39 is 0 Å². The Morgan fingerprint density at radius 3 is 1.43 bits per heavy atom. The Hall–Kier alpha value is -7.78. The summed E-state index contributed by atoms with van der Waals surface area (Å²) >= 11 is 1.85. The molecule has 0 saturated carbocycles. The van der Waals surface area contributed by atoms with Crippen LogP contribution in [0.5, 0.6) is 0 Å². The zero-order valence-electron chi connectivity index (χ0n) is 34.9. The molecule has 0 spiro atoms. The van der Waals surface area contributed by atoms with Crippen molar-refractivity contribution in [3.05, 3.63) is 247 Å². The first-order valence-corrected chi connectivity index (χ1v) is 22.4. The number of rotatable bonds is 9. The molecule has 63 heavy (non-hydrogen) atoms. The largest absolute Gasteiger partial charge is 0.310 e. The standard InChI is InChI=1S/C61H43NS/c1-42-23-32-51(33-24-42)62(52-34-27-44(28-35-52)26-25-43-13-4-2-5-14-43)53-36-31-46-39-50(30-29-47(46)41-53)61-56-21-10-8-19-54(56)60(55-20-9-11-22-57(55)61)49-18-12-17-48(40-49)59-38-37-58(63-59)45-15-6-3-7-16-45/h2-41H,1H3. The molecule has 11 aromatic rings. The van der Waals surface area contributed by atoms with Crippen molar-refractivity contribution in [2.24, 2.45) is 0 Å². The van der Waals surface area contributed by atoms with Gasteiger partial charge in [0.25, 0.3) is 0 Å². The molecule has 1 aromatic heterocycles. The first kappa shape index (κ1) is 38.2. The van der Waals surface area contributed by atoms with Crippen molar-refractivity contribution in [3.63, 3.8) is 0 Å². The van der Waals surface area contributed by atoms with Gasteiger partial charge < -0.3 is 4.90 Å². The lowest BCUT2D eigenvalue weighted by Gasteiger charge is -2.26.